The van der Waals surface area contributed by atoms with Crippen LogP contribution in [-0.2, 0) is 0 Å². The fourth-order valence-electron chi connectivity index (χ4n) is 3.79. The highest BCUT2D eigenvalue weighted by molar-refractivity contribution is 5.05. The minimum atomic E-state index is 0.478. The van der Waals surface area contributed by atoms with Gasteiger partial charge in [0.1, 0.15) is 0 Å². The molecule has 3 heterocycles. The average Bonchev–Trinajstić information content (AvgIpc) is 3.26. The first-order chi connectivity index (χ1) is 10.4. The molecule has 5 nitrogen and oxygen atoms in total. The predicted molar refractivity (Wildman–Crippen MR) is 80.3 cm³/mol. The molecule has 0 spiro atoms. The molecule has 2 aliphatic heterocycles. The van der Waals surface area contributed by atoms with E-state index in [4.69, 9.17) is 4.52 Å². The number of hydrogen-bond acceptors (Lipinski definition) is 5. The van der Waals surface area contributed by atoms with Gasteiger partial charge in [0.05, 0.1) is 0 Å². The minimum absolute atomic E-state index is 0.478. The van der Waals surface area contributed by atoms with Gasteiger partial charge in [0.25, 0.3) is 0 Å². The van der Waals surface area contributed by atoms with Gasteiger partial charge in [-0.3, -0.25) is 0 Å². The summed E-state index contributed by atoms with van der Waals surface area (Å²) >= 11 is 0. The molecule has 3 aliphatic rings. The molecule has 1 aliphatic carbocycles. The van der Waals surface area contributed by atoms with Crippen LogP contribution in [0.2, 0.25) is 0 Å². The quantitative estimate of drug-likeness (QED) is 0.920. The Labute approximate surface area is 126 Å². The molecule has 1 saturated carbocycles. The Morgan fingerprint density at radius 1 is 1.14 bits per heavy atom. The molecule has 5 heteroatoms. The number of hydrogen-bond donors (Lipinski definition) is 1. The third kappa shape index (κ3) is 3.29. The van der Waals surface area contributed by atoms with E-state index >= 15 is 0 Å². The van der Waals surface area contributed by atoms with Gasteiger partial charge in [0.2, 0.25) is 5.89 Å². The number of nitrogens with one attached hydrogen (secondary N) is 1. The smallest absolute Gasteiger partial charge is 0.229 e. The Balaban J connectivity index is 1.35. The fraction of sp³-hybridized carbons (Fsp3) is 0.875. The molecular formula is C16H26N4O. The second-order valence-corrected chi connectivity index (χ2v) is 7.08. The normalized spacial score (nSPS) is 31.4. The van der Waals surface area contributed by atoms with Gasteiger partial charge in [-0.25, -0.2) is 0 Å². The first-order valence-electron chi connectivity index (χ1n) is 8.65. The summed E-state index contributed by atoms with van der Waals surface area (Å²) in [5, 5.41) is 7.78. The van der Waals surface area contributed by atoms with Gasteiger partial charge in [0.15, 0.2) is 5.82 Å². The Morgan fingerprint density at radius 3 is 2.90 bits per heavy atom. The fourth-order valence-corrected chi connectivity index (χ4v) is 3.79. The number of rotatable bonds is 4. The summed E-state index contributed by atoms with van der Waals surface area (Å²) in [6.45, 7) is 5.97. The third-order valence-corrected chi connectivity index (χ3v) is 5.17. The van der Waals surface area contributed by atoms with Crippen LogP contribution < -0.4 is 5.32 Å². The molecule has 2 saturated heterocycles. The van der Waals surface area contributed by atoms with Gasteiger partial charge >= 0.3 is 0 Å². The molecule has 1 aromatic rings. The summed E-state index contributed by atoms with van der Waals surface area (Å²) in [4.78, 5) is 7.28. The second kappa shape index (κ2) is 6.05. The van der Waals surface area contributed by atoms with Crippen LogP contribution in [0.3, 0.4) is 0 Å². The van der Waals surface area contributed by atoms with E-state index < -0.39 is 0 Å². The molecule has 21 heavy (non-hydrogen) atoms. The molecule has 3 fully saturated rings. The van der Waals surface area contributed by atoms with Crippen molar-refractivity contribution in [2.75, 3.05) is 32.7 Å². The van der Waals surface area contributed by atoms with Crippen LogP contribution in [0.1, 0.15) is 62.1 Å². The Kier molecular flexibility index (Phi) is 3.95. The van der Waals surface area contributed by atoms with Crippen LogP contribution in [0, 0.1) is 5.92 Å². The zero-order valence-electron chi connectivity index (χ0n) is 12.8. The summed E-state index contributed by atoms with van der Waals surface area (Å²) in [5.41, 5.74) is 0. The van der Waals surface area contributed by atoms with E-state index in [1.807, 2.05) is 0 Å². The molecule has 1 aromatic heterocycles. The van der Waals surface area contributed by atoms with Crippen LogP contribution in [0.25, 0.3) is 0 Å². The molecule has 0 bridgehead atoms. The van der Waals surface area contributed by atoms with E-state index in [0.717, 1.165) is 24.2 Å². The lowest BCUT2D eigenvalue weighted by atomic mass is 9.94. The SMILES string of the molecule is C1CNCC(CN2CCCC(c3noc(C4CC4)n3)C2)C1. The van der Waals surface area contributed by atoms with Crippen molar-refractivity contribution >= 4 is 0 Å². The Morgan fingerprint density at radius 2 is 2.10 bits per heavy atom. The summed E-state index contributed by atoms with van der Waals surface area (Å²) < 4.78 is 5.44. The highest BCUT2D eigenvalue weighted by Crippen LogP contribution is 2.39. The Bertz CT molecular complexity index is 465. The highest BCUT2D eigenvalue weighted by Gasteiger charge is 2.32. The third-order valence-electron chi connectivity index (χ3n) is 5.17. The van der Waals surface area contributed by atoms with Gasteiger partial charge in [-0.2, -0.15) is 4.98 Å². The Hall–Kier alpha value is -0.940. The largest absolute Gasteiger partial charge is 0.339 e. The van der Waals surface area contributed by atoms with Crippen molar-refractivity contribution in [1.29, 1.82) is 0 Å². The maximum absolute atomic E-state index is 5.44. The number of aromatic nitrogens is 2. The molecule has 0 amide bonds. The van der Waals surface area contributed by atoms with Gasteiger partial charge < -0.3 is 14.7 Å². The molecular weight excluding hydrogens is 264 g/mol. The summed E-state index contributed by atoms with van der Waals surface area (Å²) in [6.07, 6.45) is 7.64. The molecule has 1 N–H and O–H groups in total. The number of likely N-dealkylation sites (tertiary alicyclic amines) is 1. The summed E-state index contributed by atoms with van der Waals surface area (Å²) in [5.74, 6) is 3.72. The van der Waals surface area contributed by atoms with E-state index in [-0.39, 0.29) is 0 Å². The number of nitrogens with zero attached hydrogens (tertiary/aromatic N) is 3. The van der Waals surface area contributed by atoms with Crippen LogP contribution in [0.4, 0.5) is 0 Å². The molecule has 116 valence electrons. The van der Waals surface area contributed by atoms with Crippen LogP contribution in [0.5, 0.6) is 0 Å². The lowest BCUT2D eigenvalue weighted by Gasteiger charge is -2.35. The zero-order chi connectivity index (χ0) is 14.1. The first kappa shape index (κ1) is 13.7. The molecule has 0 radical (unpaired) electrons. The van der Waals surface area contributed by atoms with Crippen molar-refractivity contribution in [2.45, 2.75) is 50.4 Å². The van der Waals surface area contributed by atoms with Crippen molar-refractivity contribution in [3.05, 3.63) is 11.7 Å². The second-order valence-electron chi connectivity index (χ2n) is 7.08. The summed E-state index contributed by atoms with van der Waals surface area (Å²) in [7, 11) is 0. The lowest BCUT2D eigenvalue weighted by molar-refractivity contribution is 0.162. The highest BCUT2D eigenvalue weighted by atomic mass is 16.5. The van der Waals surface area contributed by atoms with E-state index in [9.17, 15) is 0 Å². The molecule has 0 aromatic carbocycles. The van der Waals surface area contributed by atoms with Crippen molar-refractivity contribution in [2.24, 2.45) is 5.92 Å². The van der Waals surface area contributed by atoms with Crippen molar-refractivity contribution in [1.82, 2.24) is 20.4 Å². The van der Waals surface area contributed by atoms with Crippen molar-refractivity contribution in [3.8, 4) is 0 Å². The maximum Gasteiger partial charge on any atom is 0.229 e. The van der Waals surface area contributed by atoms with Crippen LogP contribution in [-0.4, -0.2) is 47.8 Å². The lowest BCUT2D eigenvalue weighted by Crippen LogP contribution is -2.42. The average molecular weight is 290 g/mol. The van der Waals surface area contributed by atoms with E-state index in [2.05, 4.69) is 20.4 Å². The molecule has 4 rings (SSSR count). The molecule has 2 atom stereocenters. The van der Waals surface area contributed by atoms with Gasteiger partial charge in [0, 0.05) is 24.9 Å². The van der Waals surface area contributed by atoms with Crippen molar-refractivity contribution < 1.29 is 4.52 Å². The minimum Gasteiger partial charge on any atom is -0.339 e. The maximum atomic E-state index is 5.44. The monoisotopic (exact) mass is 290 g/mol. The van der Waals surface area contributed by atoms with Gasteiger partial charge in [-0.1, -0.05) is 5.16 Å². The van der Waals surface area contributed by atoms with E-state index in [0.29, 0.717) is 11.8 Å². The van der Waals surface area contributed by atoms with E-state index in [1.54, 1.807) is 0 Å². The summed E-state index contributed by atoms with van der Waals surface area (Å²) in [6, 6.07) is 0. The van der Waals surface area contributed by atoms with Crippen LogP contribution >= 0.6 is 0 Å². The van der Waals surface area contributed by atoms with Gasteiger partial charge in [-0.05, 0) is 64.1 Å². The van der Waals surface area contributed by atoms with Gasteiger partial charge in [-0.15, -0.1) is 0 Å². The zero-order valence-corrected chi connectivity index (χ0v) is 12.8. The first-order valence-corrected chi connectivity index (χ1v) is 8.65. The number of piperidine rings is 2. The standard InChI is InChI=1S/C16H26N4O/c1-3-12(9-17-7-1)10-20-8-2-4-14(11-20)15-18-16(21-19-15)13-5-6-13/h12-14,17H,1-11H2. The topological polar surface area (TPSA) is 54.2 Å². The van der Waals surface area contributed by atoms with Crippen molar-refractivity contribution in [3.63, 3.8) is 0 Å². The van der Waals surface area contributed by atoms with E-state index in [1.165, 1.54) is 64.7 Å². The predicted octanol–water partition coefficient (Wildman–Crippen LogP) is 2.13. The molecule has 2 unspecified atom stereocenters. The van der Waals surface area contributed by atoms with Crippen LogP contribution in [0.15, 0.2) is 4.52 Å².